The number of carbonyl (C=O) groups excluding carboxylic acids is 1. The number of rotatable bonds is 8. The number of esters is 1. The minimum atomic E-state index is -0.140. The Labute approximate surface area is 145 Å². The van der Waals surface area contributed by atoms with Crippen LogP contribution in [0.15, 0.2) is 24.3 Å². The zero-order chi connectivity index (χ0) is 17.2. The Kier molecular flexibility index (Phi) is 7.68. The van der Waals surface area contributed by atoms with Crippen molar-refractivity contribution in [1.29, 1.82) is 0 Å². The summed E-state index contributed by atoms with van der Waals surface area (Å²) >= 11 is 0. The van der Waals surface area contributed by atoms with Gasteiger partial charge in [-0.3, -0.25) is 4.79 Å². The first-order valence-corrected chi connectivity index (χ1v) is 9.13. The molecule has 0 atom stereocenters. The summed E-state index contributed by atoms with van der Waals surface area (Å²) in [4.78, 5) is 12.2. The Morgan fingerprint density at radius 1 is 1.08 bits per heavy atom. The van der Waals surface area contributed by atoms with E-state index in [1.54, 1.807) is 12.1 Å². The van der Waals surface area contributed by atoms with Crippen LogP contribution in [0.5, 0.6) is 11.5 Å². The molecule has 0 radical (unpaired) electrons. The number of benzene rings is 1. The molecule has 1 aliphatic carbocycles. The lowest BCUT2D eigenvalue weighted by molar-refractivity contribution is -0.140. The molecule has 130 valence electrons. The predicted octanol–water partition coefficient (Wildman–Crippen LogP) is 4.99. The van der Waals surface area contributed by atoms with Gasteiger partial charge in [-0.1, -0.05) is 26.2 Å². The molecule has 3 nitrogen and oxygen atoms in total. The summed E-state index contributed by atoms with van der Waals surface area (Å²) in [5, 5.41) is 0. The van der Waals surface area contributed by atoms with Crippen LogP contribution >= 0.6 is 0 Å². The number of terminal acetylenes is 1. The molecule has 0 aliphatic heterocycles. The van der Waals surface area contributed by atoms with Crippen molar-refractivity contribution in [2.24, 2.45) is 11.8 Å². The maximum Gasteiger partial charge on any atom is 0.314 e. The molecule has 0 saturated heterocycles. The molecule has 0 spiro atoms. The molecule has 0 N–H and O–H groups in total. The van der Waals surface area contributed by atoms with Crippen LogP contribution in [-0.2, 0) is 4.79 Å². The Hall–Kier alpha value is -1.95. The minimum Gasteiger partial charge on any atom is -0.494 e. The van der Waals surface area contributed by atoms with E-state index in [9.17, 15) is 4.79 Å². The summed E-state index contributed by atoms with van der Waals surface area (Å²) in [6, 6.07) is 7.31. The summed E-state index contributed by atoms with van der Waals surface area (Å²) in [7, 11) is 0. The zero-order valence-corrected chi connectivity index (χ0v) is 14.6. The van der Waals surface area contributed by atoms with E-state index in [0.29, 0.717) is 11.7 Å². The van der Waals surface area contributed by atoms with Crippen LogP contribution < -0.4 is 9.47 Å². The molecule has 0 heterocycles. The molecule has 1 aromatic carbocycles. The van der Waals surface area contributed by atoms with Gasteiger partial charge in [0.2, 0.25) is 0 Å². The number of carbonyl (C=O) groups is 1. The highest BCUT2D eigenvalue weighted by Crippen LogP contribution is 2.29. The van der Waals surface area contributed by atoms with Gasteiger partial charge in [0.1, 0.15) is 11.5 Å². The molecule has 1 aromatic rings. The van der Waals surface area contributed by atoms with E-state index in [1.165, 1.54) is 19.3 Å². The van der Waals surface area contributed by atoms with Crippen LogP contribution in [0.2, 0.25) is 0 Å². The predicted molar refractivity (Wildman–Crippen MR) is 96.0 cm³/mol. The molecular formula is C21H28O3. The highest BCUT2D eigenvalue weighted by Gasteiger charge is 2.26. The van der Waals surface area contributed by atoms with E-state index in [1.807, 2.05) is 12.1 Å². The van der Waals surface area contributed by atoms with Gasteiger partial charge < -0.3 is 9.47 Å². The first-order valence-electron chi connectivity index (χ1n) is 9.13. The van der Waals surface area contributed by atoms with E-state index < -0.39 is 0 Å². The molecule has 3 heteroatoms. The molecule has 1 saturated carbocycles. The van der Waals surface area contributed by atoms with E-state index in [2.05, 4.69) is 12.8 Å². The summed E-state index contributed by atoms with van der Waals surface area (Å²) in [6.07, 6.45) is 13.7. The van der Waals surface area contributed by atoms with Crippen LogP contribution in [-0.4, -0.2) is 12.6 Å². The number of unbranched alkanes of at least 4 members (excludes halogenated alkanes) is 3. The Balaban J connectivity index is 1.73. The molecule has 0 amide bonds. The molecule has 0 unspecified atom stereocenters. The van der Waals surface area contributed by atoms with Crippen molar-refractivity contribution in [3.8, 4) is 23.8 Å². The molecular weight excluding hydrogens is 300 g/mol. The Bertz CT molecular complexity index is 533. The minimum absolute atomic E-state index is 0.0240. The van der Waals surface area contributed by atoms with Crippen molar-refractivity contribution in [1.82, 2.24) is 0 Å². The van der Waals surface area contributed by atoms with E-state index in [4.69, 9.17) is 15.9 Å². The molecule has 0 aromatic heterocycles. The van der Waals surface area contributed by atoms with E-state index in [0.717, 1.165) is 44.5 Å². The first-order chi connectivity index (χ1) is 11.7. The largest absolute Gasteiger partial charge is 0.494 e. The van der Waals surface area contributed by atoms with Crippen molar-refractivity contribution in [2.75, 3.05) is 6.61 Å². The standard InChI is InChI=1S/C21H28O3/c1-3-5-6-7-16-23-19-12-14-20(15-13-19)24-21(22)18-10-8-17(4-2)9-11-18/h2,12-15,17-18H,3,5-11,16H2,1H3/t17-,18-. The van der Waals surface area contributed by atoms with Crippen LogP contribution in [0.3, 0.4) is 0 Å². The third kappa shape index (κ3) is 5.92. The topological polar surface area (TPSA) is 35.5 Å². The van der Waals surface area contributed by atoms with Crippen molar-refractivity contribution < 1.29 is 14.3 Å². The summed E-state index contributed by atoms with van der Waals surface area (Å²) in [5.41, 5.74) is 0. The third-order valence-electron chi connectivity index (χ3n) is 4.61. The average Bonchev–Trinajstić information content (AvgIpc) is 2.63. The van der Waals surface area contributed by atoms with E-state index >= 15 is 0 Å². The van der Waals surface area contributed by atoms with Gasteiger partial charge in [0, 0.05) is 5.92 Å². The van der Waals surface area contributed by atoms with Gasteiger partial charge in [-0.05, 0) is 56.4 Å². The molecule has 0 bridgehead atoms. The van der Waals surface area contributed by atoms with Crippen LogP contribution in [0, 0.1) is 24.2 Å². The molecule has 1 aliphatic rings. The van der Waals surface area contributed by atoms with Crippen molar-refractivity contribution >= 4 is 5.97 Å². The smallest absolute Gasteiger partial charge is 0.314 e. The summed E-state index contributed by atoms with van der Waals surface area (Å²) in [6.45, 7) is 2.93. The van der Waals surface area contributed by atoms with Gasteiger partial charge >= 0.3 is 5.97 Å². The van der Waals surface area contributed by atoms with E-state index in [-0.39, 0.29) is 11.9 Å². The maximum absolute atomic E-state index is 12.2. The maximum atomic E-state index is 12.2. The van der Waals surface area contributed by atoms with Crippen molar-refractivity contribution in [2.45, 2.75) is 58.3 Å². The fourth-order valence-electron chi connectivity index (χ4n) is 3.02. The lowest BCUT2D eigenvalue weighted by atomic mass is 9.82. The van der Waals surface area contributed by atoms with Crippen LogP contribution in [0.4, 0.5) is 0 Å². The van der Waals surface area contributed by atoms with Gasteiger partial charge in [-0.15, -0.1) is 12.3 Å². The molecule has 2 rings (SSSR count). The van der Waals surface area contributed by atoms with Crippen LogP contribution in [0.1, 0.15) is 58.3 Å². The first kappa shape index (κ1) is 18.4. The quantitative estimate of drug-likeness (QED) is 0.292. The average molecular weight is 328 g/mol. The lowest BCUT2D eigenvalue weighted by Gasteiger charge is -2.23. The summed E-state index contributed by atoms with van der Waals surface area (Å²) < 4.78 is 11.2. The monoisotopic (exact) mass is 328 g/mol. The Morgan fingerprint density at radius 3 is 2.38 bits per heavy atom. The van der Waals surface area contributed by atoms with Crippen molar-refractivity contribution in [3.05, 3.63) is 24.3 Å². The highest BCUT2D eigenvalue weighted by atomic mass is 16.5. The molecule has 24 heavy (non-hydrogen) atoms. The second-order valence-corrected chi connectivity index (χ2v) is 6.52. The van der Waals surface area contributed by atoms with Gasteiger partial charge in [0.05, 0.1) is 12.5 Å². The highest BCUT2D eigenvalue weighted by molar-refractivity contribution is 5.75. The zero-order valence-electron chi connectivity index (χ0n) is 14.6. The van der Waals surface area contributed by atoms with Gasteiger partial charge in [-0.2, -0.15) is 0 Å². The van der Waals surface area contributed by atoms with Crippen molar-refractivity contribution in [3.63, 3.8) is 0 Å². The fourth-order valence-corrected chi connectivity index (χ4v) is 3.02. The van der Waals surface area contributed by atoms with Gasteiger partial charge in [0.15, 0.2) is 0 Å². The SMILES string of the molecule is C#C[C@H]1CC[C@H](C(=O)Oc2ccc(OCCCCCC)cc2)CC1. The second kappa shape index (κ2) is 10.0. The fraction of sp³-hybridized carbons (Fsp3) is 0.571. The summed E-state index contributed by atoms with van der Waals surface area (Å²) in [5.74, 6) is 4.34. The van der Waals surface area contributed by atoms with Gasteiger partial charge in [-0.25, -0.2) is 0 Å². The number of hydrogen-bond donors (Lipinski definition) is 0. The van der Waals surface area contributed by atoms with Gasteiger partial charge in [0.25, 0.3) is 0 Å². The Morgan fingerprint density at radius 2 is 1.75 bits per heavy atom. The third-order valence-corrected chi connectivity index (χ3v) is 4.61. The second-order valence-electron chi connectivity index (χ2n) is 6.52. The normalized spacial score (nSPS) is 20.2. The number of hydrogen-bond acceptors (Lipinski definition) is 3. The molecule has 1 fully saturated rings. The lowest BCUT2D eigenvalue weighted by Crippen LogP contribution is -2.25. The van der Waals surface area contributed by atoms with Crippen LogP contribution in [0.25, 0.3) is 0 Å². The number of ether oxygens (including phenoxy) is 2.